The predicted molar refractivity (Wildman–Crippen MR) is 130 cm³/mol. The standard InChI is InChI=1S/C25H35N5O/c1-3-26-25(27-19-21-13-14-30(20-21)22-7-5-4-6-8-22)29-17-15-28(16-18-29)23-9-11-24(31-2)12-10-23/h4-12,21H,3,13-20H2,1-2H3,(H,26,27). The van der Waals surface area contributed by atoms with Gasteiger partial charge in [0.25, 0.3) is 0 Å². The first kappa shape index (κ1) is 21.3. The highest BCUT2D eigenvalue weighted by atomic mass is 16.5. The molecule has 166 valence electrons. The Morgan fingerprint density at radius 2 is 1.65 bits per heavy atom. The van der Waals surface area contributed by atoms with Gasteiger partial charge in [0, 0.05) is 63.7 Å². The quantitative estimate of drug-likeness (QED) is 0.573. The molecule has 6 nitrogen and oxygen atoms in total. The Bertz CT molecular complexity index is 831. The number of hydrogen-bond donors (Lipinski definition) is 1. The van der Waals surface area contributed by atoms with E-state index in [0.29, 0.717) is 5.92 Å². The van der Waals surface area contributed by atoms with Crippen molar-refractivity contribution in [3.63, 3.8) is 0 Å². The summed E-state index contributed by atoms with van der Waals surface area (Å²) >= 11 is 0. The third-order valence-electron chi connectivity index (χ3n) is 6.26. The van der Waals surface area contributed by atoms with Gasteiger partial charge in [-0.2, -0.15) is 0 Å². The Hall–Kier alpha value is -2.89. The predicted octanol–water partition coefficient (Wildman–Crippen LogP) is 3.31. The molecule has 2 aromatic carbocycles. The second-order valence-electron chi connectivity index (χ2n) is 8.30. The van der Waals surface area contributed by atoms with E-state index in [0.717, 1.165) is 64.1 Å². The Balaban J connectivity index is 1.31. The van der Waals surface area contributed by atoms with Gasteiger partial charge in [0.15, 0.2) is 5.96 Å². The molecule has 2 saturated heterocycles. The number of aliphatic imine (C=N–C) groups is 1. The SMILES string of the molecule is CCNC(=NCC1CCN(c2ccccc2)C1)N1CCN(c2ccc(OC)cc2)CC1. The maximum absolute atomic E-state index is 5.28. The van der Waals surface area contributed by atoms with Crippen molar-refractivity contribution in [2.75, 3.05) is 69.3 Å². The molecule has 2 aliphatic rings. The molecule has 0 aliphatic carbocycles. The number of nitrogens with zero attached hydrogens (tertiary/aromatic N) is 4. The average molecular weight is 422 g/mol. The van der Waals surface area contributed by atoms with Gasteiger partial charge in [0.2, 0.25) is 0 Å². The van der Waals surface area contributed by atoms with E-state index in [2.05, 4.69) is 69.4 Å². The number of hydrogen-bond acceptors (Lipinski definition) is 4. The lowest BCUT2D eigenvalue weighted by molar-refractivity contribution is 0.371. The van der Waals surface area contributed by atoms with E-state index in [9.17, 15) is 0 Å². The normalized spacial score (nSPS) is 19.6. The summed E-state index contributed by atoms with van der Waals surface area (Å²) in [6.07, 6.45) is 1.21. The summed E-state index contributed by atoms with van der Waals surface area (Å²) in [7, 11) is 1.71. The lowest BCUT2D eigenvalue weighted by Gasteiger charge is -2.37. The summed E-state index contributed by atoms with van der Waals surface area (Å²) in [6.45, 7) is 10.1. The minimum Gasteiger partial charge on any atom is -0.497 e. The molecule has 1 N–H and O–H groups in total. The first-order valence-electron chi connectivity index (χ1n) is 11.5. The molecule has 2 heterocycles. The number of guanidine groups is 1. The van der Waals surface area contributed by atoms with Crippen LogP contribution in [0.4, 0.5) is 11.4 Å². The van der Waals surface area contributed by atoms with Gasteiger partial charge >= 0.3 is 0 Å². The molecule has 1 unspecified atom stereocenters. The van der Waals surface area contributed by atoms with Gasteiger partial charge < -0.3 is 24.8 Å². The van der Waals surface area contributed by atoms with E-state index in [1.165, 1.54) is 17.8 Å². The van der Waals surface area contributed by atoms with Gasteiger partial charge in [-0.1, -0.05) is 18.2 Å². The Kier molecular flexibility index (Phi) is 7.18. The highest BCUT2D eigenvalue weighted by molar-refractivity contribution is 5.80. The smallest absolute Gasteiger partial charge is 0.194 e. The first-order valence-corrected chi connectivity index (χ1v) is 11.5. The summed E-state index contributed by atoms with van der Waals surface area (Å²) in [6, 6.07) is 19.1. The third-order valence-corrected chi connectivity index (χ3v) is 6.26. The molecule has 0 spiro atoms. The van der Waals surface area contributed by atoms with Crippen LogP contribution in [0.15, 0.2) is 59.6 Å². The summed E-state index contributed by atoms with van der Waals surface area (Å²) in [5, 5.41) is 3.52. The van der Waals surface area contributed by atoms with Crippen molar-refractivity contribution < 1.29 is 4.74 Å². The number of rotatable bonds is 6. The Morgan fingerprint density at radius 1 is 0.935 bits per heavy atom. The molecular formula is C25H35N5O. The number of methoxy groups -OCH3 is 1. The van der Waals surface area contributed by atoms with E-state index >= 15 is 0 Å². The van der Waals surface area contributed by atoms with Crippen LogP contribution in [0.25, 0.3) is 0 Å². The topological polar surface area (TPSA) is 43.3 Å². The minimum atomic E-state index is 0.620. The first-order chi connectivity index (χ1) is 15.3. The number of anilines is 2. The average Bonchev–Trinajstić information content (AvgIpc) is 3.32. The van der Waals surface area contributed by atoms with Gasteiger partial charge in [-0.25, -0.2) is 0 Å². The lowest BCUT2D eigenvalue weighted by Crippen LogP contribution is -2.52. The Labute approximate surface area is 186 Å². The fourth-order valence-electron chi connectivity index (χ4n) is 4.47. The second-order valence-corrected chi connectivity index (χ2v) is 8.30. The van der Waals surface area contributed by atoms with Crippen LogP contribution in [0.3, 0.4) is 0 Å². The van der Waals surface area contributed by atoms with Crippen molar-refractivity contribution in [1.82, 2.24) is 10.2 Å². The van der Waals surface area contributed by atoms with E-state index in [1.54, 1.807) is 7.11 Å². The third kappa shape index (κ3) is 5.43. The molecule has 0 saturated carbocycles. The molecule has 31 heavy (non-hydrogen) atoms. The van der Waals surface area contributed by atoms with Crippen molar-refractivity contribution in [2.24, 2.45) is 10.9 Å². The van der Waals surface area contributed by atoms with Crippen LogP contribution < -0.4 is 19.9 Å². The number of piperazine rings is 1. The molecule has 0 bridgehead atoms. The van der Waals surface area contributed by atoms with Crippen molar-refractivity contribution >= 4 is 17.3 Å². The van der Waals surface area contributed by atoms with Crippen LogP contribution in [0.1, 0.15) is 13.3 Å². The molecule has 0 aromatic heterocycles. The van der Waals surface area contributed by atoms with Crippen LogP contribution in [0, 0.1) is 5.92 Å². The molecule has 1 atom stereocenters. The highest BCUT2D eigenvalue weighted by Crippen LogP contribution is 2.24. The van der Waals surface area contributed by atoms with Crippen molar-refractivity contribution in [3.8, 4) is 5.75 Å². The van der Waals surface area contributed by atoms with Crippen molar-refractivity contribution in [2.45, 2.75) is 13.3 Å². The van der Waals surface area contributed by atoms with Gasteiger partial charge in [0.1, 0.15) is 5.75 Å². The van der Waals surface area contributed by atoms with Crippen LogP contribution in [0.2, 0.25) is 0 Å². The summed E-state index contributed by atoms with van der Waals surface area (Å²) in [5.74, 6) is 2.59. The largest absolute Gasteiger partial charge is 0.497 e. The number of para-hydroxylation sites is 1. The zero-order valence-corrected chi connectivity index (χ0v) is 18.8. The van der Waals surface area contributed by atoms with Crippen molar-refractivity contribution in [1.29, 1.82) is 0 Å². The van der Waals surface area contributed by atoms with E-state index in [-0.39, 0.29) is 0 Å². The molecule has 0 amide bonds. The maximum atomic E-state index is 5.28. The summed E-state index contributed by atoms with van der Waals surface area (Å²) in [5.41, 5.74) is 2.59. The van der Waals surface area contributed by atoms with Crippen molar-refractivity contribution in [3.05, 3.63) is 54.6 Å². The summed E-state index contributed by atoms with van der Waals surface area (Å²) < 4.78 is 5.28. The Morgan fingerprint density at radius 3 is 2.32 bits per heavy atom. The molecule has 6 heteroatoms. The lowest BCUT2D eigenvalue weighted by atomic mass is 10.1. The maximum Gasteiger partial charge on any atom is 0.194 e. The second kappa shape index (κ2) is 10.4. The van der Waals surface area contributed by atoms with Gasteiger partial charge in [-0.05, 0) is 55.7 Å². The van der Waals surface area contributed by atoms with Gasteiger partial charge in [0.05, 0.1) is 7.11 Å². The summed E-state index contributed by atoms with van der Waals surface area (Å²) in [4.78, 5) is 12.4. The molecule has 2 fully saturated rings. The monoisotopic (exact) mass is 421 g/mol. The van der Waals surface area contributed by atoms with E-state index in [1.807, 2.05) is 12.1 Å². The van der Waals surface area contributed by atoms with Gasteiger partial charge in [-0.3, -0.25) is 4.99 Å². The fourth-order valence-corrected chi connectivity index (χ4v) is 4.47. The fraction of sp³-hybridized carbons (Fsp3) is 0.480. The number of nitrogens with one attached hydrogen (secondary N) is 1. The van der Waals surface area contributed by atoms with Crippen LogP contribution in [0.5, 0.6) is 5.75 Å². The number of benzene rings is 2. The van der Waals surface area contributed by atoms with Crippen LogP contribution >= 0.6 is 0 Å². The molecule has 2 aliphatic heterocycles. The zero-order valence-electron chi connectivity index (χ0n) is 18.8. The number of ether oxygens (including phenoxy) is 1. The molecule has 0 radical (unpaired) electrons. The van der Waals surface area contributed by atoms with Crippen LogP contribution in [-0.4, -0.2) is 70.3 Å². The van der Waals surface area contributed by atoms with E-state index in [4.69, 9.17) is 9.73 Å². The minimum absolute atomic E-state index is 0.620. The van der Waals surface area contributed by atoms with Gasteiger partial charge in [-0.15, -0.1) is 0 Å². The molecular weight excluding hydrogens is 386 g/mol. The molecule has 4 rings (SSSR count). The highest BCUT2D eigenvalue weighted by Gasteiger charge is 2.24. The van der Waals surface area contributed by atoms with E-state index < -0.39 is 0 Å². The molecule has 2 aromatic rings. The van der Waals surface area contributed by atoms with Crippen LogP contribution in [-0.2, 0) is 0 Å². The zero-order chi connectivity index (χ0) is 21.5.